The van der Waals surface area contributed by atoms with Gasteiger partial charge in [-0.05, 0) is 12.1 Å². The molecule has 1 N–H and O–H groups in total. The zero-order valence-corrected chi connectivity index (χ0v) is 9.64. The Hall–Kier alpha value is -2.29. The summed E-state index contributed by atoms with van der Waals surface area (Å²) in [5.41, 5.74) is 0.583. The number of Topliss-reactive ketones (excluding diaryl/α,β-unsaturated/α-hetero) is 1. The average molecular weight is 230 g/mol. The fourth-order valence-corrected chi connectivity index (χ4v) is 1.35. The lowest BCUT2D eigenvalue weighted by atomic mass is 10.0. The number of phenolic OH excluding ortho intramolecular Hbond substituents is 1. The number of rotatable bonds is 5. The fourth-order valence-electron chi connectivity index (χ4n) is 1.35. The molecule has 0 saturated carbocycles. The van der Waals surface area contributed by atoms with Gasteiger partial charge in [-0.2, -0.15) is 0 Å². The van der Waals surface area contributed by atoms with Crippen molar-refractivity contribution in [2.45, 2.75) is 0 Å². The van der Waals surface area contributed by atoms with E-state index in [1.54, 1.807) is 12.1 Å². The van der Waals surface area contributed by atoms with Crippen molar-refractivity contribution >= 4 is 5.78 Å². The Kier molecular flexibility index (Phi) is 4.29. The van der Waals surface area contributed by atoms with E-state index in [2.05, 4.69) is 13.2 Å². The molecule has 0 aromatic heterocycles. The number of ether oxygens (including phenoxy) is 1. The molecule has 0 aliphatic heterocycles. The molecule has 88 valence electrons. The number of aromatic hydroxyl groups is 1. The van der Waals surface area contributed by atoms with Gasteiger partial charge in [0.1, 0.15) is 11.5 Å². The van der Waals surface area contributed by atoms with Crippen LogP contribution in [0.1, 0.15) is 10.4 Å². The van der Waals surface area contributed by atoms with E-state index in [-0.39, 0.29) is 17.1 Å². The molecule has 1 rings (SSSR count). The van der Waals surface area contributed by atoms with Gasteiger partial charge in [-0.1, -0.05) is 31.4 Å². The smallest absolute Gasteiger partial charge is 0.196 e. The van der Waals surface area contributed by atoms with Crippen LogP contribution in [0.2, 0.25) is 0 Å². The molecular weight excluding hydrogens is 216 g/mol. The highest BCUT2D eigenvalue weighted by molar-refractivity contribution is 6.12. The second kappa shape index (κ2) is 5.70. The molecule has 0 spiro atoms. The first-order valence-corrected chi connectivity index (χ1v) is 5.01. The minimum Gasteiger partial charge on any atom is -0.507 e. The zero-order chi connectivity index (χ0) is 12.8. The molecule has 0 unspecified atom stereocenters. The van der Waals surface area contributed by atoms with E-state index in [1.165, 1.54) is 31.4 Å². The monoisotopic (exact) mass is 230 g/mol. The van der Waals surface area contributed by atoms with E-state index in [0.717, 1.165) is 0 Å². The summed E-state index contributed by atoms with van der Waals surface area (Å²) in [5.74, 6) is 0.0677. The number of hydrogen-bond acceptors (Lipinski definition) is 3. The van der Waals surface area contributed by atoms with E-state index >= 15 is 0 Å². The molecule has 0 aliphatic carbocycles. The second-order valence-electron chi connectivity index (χ2n) is 3.27. The topological polar surface area (TPSA) is 46.5 Å². The predicted molar refractivity (Wildman–Crippen MR) is 67.5 cm³/mol. The number of benzene rings is 1. The first-order chi connectivity index (χ1) is 8.13. The van der Waals surface area contributed by atoms with Gasteiger partial charge in [0.2, 0.25) is 0 Å². The highest BCUT2D eigenvalue weighted by Gasteiger charge is 2.14. The standard InChI is InChI=1S/C14H14O3/c1-4-6-10(5-2)14(16)12-8-7-11(17-3)9-13(12)15/h4-9,15H,1-2H2,3H3/b10-6+. The molecular formula is C14H14O3. The first kappa shape index (κ1) is 12.8. The van der Waals surface area contributed by atoms with Gasteiger partial charge in [0, 0.05) is 11.6 Å². The van der Waals surface area contributed by atoms with E-state index in [4.69, 9.17) is 4.74 Å². The lowest BCUT2D eigenvalue weighted by molar-refractivity contribution is 0.103. The second-order valence-corrected chi connectivity index (χ2v) is 3.27. The summed E-state index contributed by atoms with van der Waals surface area (Å²) >= 11 is 0. The summed E-state index contributed by atoms with van der Waals surface area (Å²) in [6.45, 7) is 7.06. The molecule has 0 bridgehead atoms. The predicted octanol–water partition coefficient (Wildman–Crippen LogP) is 2.88. The van der Waals surface area contributed by atoms with Crippen molar-refractivity contribution in [3.63, 3.8) is 0 Å². The molecule has 0 fully saturated rings. The maximum atomic E-state index is 12.0. The van der Waals surface area contributed by atoms with Crippen molar-refractivity contribution < 1.29 is 14.6 Å². The molecule has 1 aromatic carbocycles. The molecule has 0 radical (unpaired) electrons. The summed E-state index contributed by atoms with van der Waals surface area (Å²) in [7, 11) is 1.49. The summed E-state index contributed by atoms with van der Waals surface area (Å²) in [5, 5.41) is 9.72. The van der Waals surface area contributed by atoms with Crippen molar-refractivity contribution in [3.05, 3.63) is 60.7 Å². The summed E-state index contributed by atoms with van der Waals surface area (Å²) in [6.07, 6.45) is 4.46. The Morgan fingerprint density at radius 1 is 1.41 bits per heavy atom. The number of allylic oxidation sites excluding steroid dienone is 4. The summed E-state index contributed by atoms with van der Waals surface area (Å²) in [4.78, 5) is 12.0. The van der Waals surface area contributed by atoms with Crippen LogP contribution < -0.4 is 4.74 Å². The Labute approximate surface area is 100 Å². The lowest BCUT2D eigenvalue weighted by Crippen LogP contribution is -2.02. The van der Waals surface area contributed by atoms with Crippen LogP contribution >= 0.6 is 0 Å². The van der Waals surface area contributed by atoms with Crippen LogP contribution in [0.25, 0.3) is 0 Å². The van der Waals surface area contributed by atoms with Crippen LogP contribution in [0.5, 0.6) is 11.5 Å². The normalized spacial score (nSPS) is 10.8. The zero-order valence-electron chi connectivity index (χ0n) is 9.64. The van der Waals surface area contributed by atoms with Crippen molar-refractivity contribution in [3.8, 4) is 11.5 Å². The number of ketones is 1. The quantitative estimate of drug-likeness (QED) is 0.480. The highest BCUT2D eigenvalue weighted by Crippen LogP contribution is 2.25. The van der Waals surface area contributed by atoms with Crippen LogP contribution in [0.3, 0.4) is 0 Å². The number of carbonyl (C=O) groups excluding carboxylic acids is 1. The highest BCUT2D eigenvalue weighted by atomic mass is 16.5. The van der Waals surface area contributed by atoms with Gasteiger partial charge in [-0.25, -0.2) is 0 Å². The summed E-state index contributed by atoms with van der Waals surface area (Å²) < 4.78 is 4.94. The molecule has 0 saturated heterocycles. The molecule has 0 heterocycles. The van der Waals surface area contributed by atoms with Crippen LogP contribution in [0.15, 0.2) is 55.2 Å². The van der Waals surface area contributed by atoms with E-state index in [0.29, 0.717) is 11.3 Å². The van der Waals surface area contributed by atoms with E-state index in [9.17, 15) is 9.90 Å². The minimum absolute atomic E-state index is 0.119. The van der Waals surface area contributed by atoms with Gasteiger partial charge in [0.15, 0.2) is 5.78 Å². The molecule has 0 atom stereocenters. The Balaban J connectivity index is 3.16. The molecule has 17 heavy (non-hydrogen) atoms. The van der Waals surface area contributed by atoms with Crippen LogP contribution in [-0.2, 0) is 0 Å². The van der Waals surface area contributed by atoms with Crippen molar-refractivity contribution in [1.82, 2.24) is 0 Å². The van der Waals surface area contributed by atoms with Gasteiger partial charge in [-0.3, -0.25) is 4.79 Å². The molecule has 0 amide bonds. The minimum atomic E-state index is -0.306. The fraction of sp³-hybridized carbons (Fsp3) is 0.0714. The summed E-state index contributed by atoms with van der Waals surface area (Å²) in [6, 6.07) is 4.51. The third-order valence-corrected chi connectivity index (χ3v) is 2.23. The van der Waals surface area contributed by atoms with Gasteiger partial charge >= 0.3 is 0 Å². The lowest BCUT2D eigenvalue weighted by Gasteiger charge is -2.06. The van der Waals surface area contributed by atoms with E-state index < -0.39 is 0 Å². The number of carbonyl (C=O) groups is 1. The molecule has 0 aliphatic rings. The number of hydrogen-bond donors (Lipinski definition) is 1. The third kappa shape index (κ3) is 2.84. The van der Waals surface area contributed by atoms with Gasteiger partial charge < -0.3 is 9.84 Å². The SMILES string of the molecule is C=C/C=C(\C=C)C(=O)c1ccc(OC)cc1O. The van der Waals surface area contributed by atoms with Crippen molar-refractivity contribution in [1.29, 1.82) is 0 Å². The Morgan fingerprint density at radius 2 is 2.12 bits per heavy atom. The number of phenols is 1. The average Bonchev–Trinajstić information content (AvgIpc) is 2.35. The van der Waals surface area contributed by atoms with Gasteiger partial charge in [0.05, 0.1) is 12.7 Å². The van der Waals surface area contributed by atoms with Crippen LogP contribution in [0, 0.1) is 0 Å². The largest absolute Gasteiger partial charge is 0.507 e. The van der Waals surface area contributed by atoms with Crippen LogP contribution in [-0.4, -0.2) is 18.0 Å². The maximum Gasteiger partial charge on any atom is 0.196 e. The third-order valence-electron chi connectivity index (χ3n) is 2.23. The van der Waals surface area contributed by atoms with E-state index in [1.807, 2.05) is 0 Å². The van der Waals surface area contributed by atoms with Gasteiger partial charge in [-0.15, -0.1) is 0 Å². The van der Waals surface area contributed by atoms with Crippen molar-refractivity contribution in [2.24, 2.45) is 0 Å². The molecule has 3 heteroatoms. The number of methoxy groups -OCH3 is 1. The Morgan fingerprint density at radius 3 is 2.59 bits per heavy atom. The molecule has 1 aromatic rings. The molecule has 3 nitrogen and oxygen atoms in total. The Bertz CT molecular complexity index is 484. The maximum absolute atomic E-state index is 12.0. The van der Waals surface area contributed by atoms with Crippen LogP contribution in [0.4, 0.5) is 0 Å². The first-order valence-electron chi connectivity index (χ1n) is 5.01. The van der Waals surface area contributed by atoms with Gasteiger partial charge in [0.25, 0.3) is 0 Å². The van der Waals surface area contributed by atoms with Crippen molar-refractivity contribution in [2.75, 3.05) is 7.11 Å².